The highest BCUT2D eigenvalue weighted by molar-refractivity contribution is 14.1. The van der Waals surface area contributed by atoms with Gasteiger partial charge in [0.1, 0.15) is 23.0 Å². The first-order chi connectivity index (χ1) is 41.2. The number of hydrogen-bond donors (Lipinski definition) is 9. The number of imide groups is 2. The number of urea groups is 2. The van der Waals surface area contributed by atoms with E-state index in [1.807, 2.05) is 22.6 Å². The Morgan fingerprint density at radius 2 is 1.13 bits per heavy atom. The highest BCUT2D eigenvalue weighted by Crippen LogP contribution is 2.37. The number of fused-ring (bicyclic) bond motifs is 3. The molecule has 29 nitrogen and oxygen atoms in total. The number of aromatic amines is 3. The van der Waals surface area contributed by atoms with E-state index < -0.39 is 69.5 Å². The summed E-state index contributed by atoms with van der Waals surface area (Å²) in [5.74, 6) is -1.84. The van der Waals surface area contributed by atoms with Gasteiger partial charge in [-0.3, -0.25) is 44.2 Å². The number of aryl methyl sites for hydroxylation is 3. The van der Waals surface area contributed by atoms with Gasteiger partial charge in [-0.15, -0.1) is 6.42 Å². The summed E-state index contributed by atoms with van der Waals surface area (Å²) in [5, 5.41) is 28.6. The molecule has 4 aliphatic heterocycles. The summed E-state index contributed by atoms with van der Waals surface area (Å²) >= 11 is 1.85. The van der Waals surface area contributed by atoms with E-state index in [4.69, 9.17) is 25.1 Å². The lowest BCUT2D eigenvalue weighted by atomic mass is 9.95. The second kappa shape index (κ2) is 26.2. The predicted octanol–water partition coefficient (Wildman–Crippen LogP) is 2.90. The molecule has 10 rings (SSSR count). The summed E-state index contributed by atoms with van der Waals surface area (Å²) < 4.78 is 31.0. The molecule has 4 aromatic heterocycles. The number of methoxy groups -OCH3 is 2. The van der Waals surface area contributed by atoms with E-state index in [1.54, 1.807) is 77.9 Å². The van der Waals surface area contributed by atoms with Crippen molar-refractivity contribution in [2.45, 2.75) is 65.7 Å². The van der Waals surface area contributed by atoms with Gasteiger partial charge < -0.3 is 73.7 Å². The van der Waals surface area contributed by atoms with Crippen LogP contribution in [0.2, 0.25) is 0 Å². The standard InChI is InChI=1S/C24H22N4O8.C15H13N3O4.C9H10INO4.C9H11NO4/c1-4-35-21(31)17-18-14(11(2)25-19(17)29)8-16(36-18)24(22(32)26-23(33)27-24)10-28-9-12-5-6-13(34-3)7-15(12)20(28)30;1-3-15(13(20)16-14(21)17-15)8-18-7-9-4-5-10(22-2)6-11(9)12(18)19;1-3-15-9(14)5-7(12)6(10)4(2)11-8(5)13;1-3-14-9(13)7-6(11)4-5(2)10-8(7)12/h5-8H,4,9-10H2,1-3H3,(H,25,29)(H2,26,27,32,33);1,4-6H,7-8H2,2H3,(H2,16,17,20,21);3H2,1-2H3,(H2,11,12,13);4H,3H2,1-2H3,(H2,10,11,12)/t24-;15-;;/m01../s1. The zero-order valence-corrected chi connectivity index (χ0v) is 49.8. The Hall–Kier alpha value is -10.5. The van der Waals surface area contributed by atoms with Crippen molar-refractivity contribution in [3.8, 4) is 35.3 Å². The molecule has 2 aromatic carbocycles. The van der Waals surface area contributed by atoms with E-state index in [9.17, 15) is 67.7 Å². The average Bonchev–Trinajstić information content (AvgIpc) is 1.64. The van der Waals surface area contributed by atoms with Crippen LogP contribution in [-0.2, 0) is 42.4 Å². The number of aromatic nitrogens is 3. The third-order valence-corrected chi connectivity index (χ3v) is 14.9. The summed E-state index contributed by atoms with van der Waals surface area (Å²) in [6, 6.07) is 11.6. The van der Waals surface area contributed by atoms with Crippen LogP contribution in [0.5, 0.6) is 23.0 Å². The first-order valence-electron chi connectivity index (χ1n) is 26.1. The van der Waals surface area contributed by atoms with Gasteiger partial charge in [0.25, 0.3) is 40.3 Å². The maximum absolute atomic E-state index is 13.2. The number of ether oxygens (including phenoxy) is 5. The molecule has 9 N–H and O–H groups in total. The third-order valence-electron chi connectivity index (χ3n) is 13.6. The number of aromatic hydroxyl groups is 2. The van der Waals surface area contributed by atoms with Crippen molar-refractivity contribution in [2.75, 3.05) is 47.1 Å². The smallest absolute Gasteiger partial charge is 0.347 e. The Labute approximate surface area is 505 Å². The number of benzene rings is 2. The molecule has 6 aromatic rings. The Balaban J connectivity index is 0.000000181. The van der Waals surface area contributed by atoms with Crippen molar-refractivity contribution in [2.24, 2.45) is 0 Å². The largest absolute Gasteiger partial charge is 0.507 e. The van der Waals surface area contributed by atoms with Gasteiger partial charge in [0, 0.05) is 52.8 Å². The molecule has 0 bridgehead atoms. The Morgan fingerprint density at radius 1 is 0.644 bits per heavy atom. The topological polar surface area (TPSA) is 407 Å². The van der Waals surface area contributed by atoms with Crippen LogP contribution >= 0.6 is 22.6 Å². The molecule has 8 amide bonds. The van der Waals surface area contributed by atoms with E-state index >= 15 is 0 Å². The molecule has 2 fully saturated rings. The number of carbonyl (C=O) groups excluding carboxylic acids is 9. The molecule has 2 atom stereocenters. The molecule has 0 saturated carbocycles. The molecular weight excluding hydrogens is 1260 g/mol. The van der Waals surface area contributed by atoms with Crippen molar-refractivity contribution < 1.29 is 81.5 Å². The first-order valence-corrected chi connectivity index (χ1v) is 27.2. The molecule has 0 aliphatic carbocycles. The number of esters is 3. The maximum Gasteiger partial charge on any atom is 0.347 e. The van der Waals surface area contributed by atoms with Crippen LogP contribution in [0, 0.1) is 36.7 Å². The number of carbonyl (C=O) groups is 9. The second-order valence-electron chi connectivity index (χ2n) is 19.3. The Morgan fingerprint density at radius 3 is 1.61 bits per heavy atom. The molecule has 30 heteroatoms. The molecule has 87 heavy (non-hydrogen) atoms. The molecule has 456 valence electrons. The number of nitrogens with one attached hydrogen (secondary N) is 7. The molecule has 0 spiro atoms. The summed E-state index contributed by atoms with van der Waals surface area (Å²) in [6.45, 7) is 10.2. The quantitative estimate of drug-likeness (QED) is 0.0264. The SMILES string of the molecule is C#C[C@]1(CN2Cc3ccc(OC)cc3C2=O)NC(=O)NC1=O.CCOC(=O)c1c(=O)[nH]c(C)c2cc([C@]3(CN4Cc5ccc(OC)cc5C4=O)NC(=O)NC3=O)oc12.CCOC(=O)c1c(O)c(I)c(C)[nH]c1=O.CCOC(=O)c1c(O)cc(C)[nH]c1=O. The zero-order chi connectivity index (χ0) is 64.0. The fourth-order valence-electron chi connectivity index (χ4n) is 9.37. The number of amides is 8. The Bertz CT molecular complexity index is 4080. The predicted molar refractivity (Wildman–Crippen MR) is 311 cm³/mol. The number of nitrogens with zero attached hydrogens (tertiary/aromatic N) is 2. The van der Waals surface area contributed by atoms with Gasteiger partial charge in [-0.2, -0.15) is 0 Å². The minimum atomic E-state index is -1.81. The van der Waals surface area contributed by atoms with Gasteiger partial charge in [-0.25, -0.2) is 24.0 Å². The van der Waals surface area contributed by atoms with Crippen LogP contribution in [-0.4, -0.2) is 141 Å². The fourth-order valence-corrected chi connectivity index (χ4v) is 9.78. The van der Waals surface area contributed by atoms with E-state index in [1.165, 1.54) is 36.2 Å². The molecule has 0 unspecified atom stereocenters. The monoisotopic (exact) mass is 1310 g/mol. The molecule has 8 heterocycles. The summed E-state index contributed by atoms with van der Waals surface area (Å²) in [4.78, 5) is 155. The summed E-state index contributed by atoms with van der Waals surface area (Å²) in [5.41, 5.74) is -2.58. The highest BCUT2D eigenvalue weighted by atomic mass is 127. The zero-order valence-electron chi connectivity index (χ0n) is 47.7. The van der Waals surface area contributed by atoms with Crippen LogP contribution < -0.4 is 47.4 Å². The number of pyridine rings is 3. The minimum absolute atomic E-state index is 0.0338. The summed E-state index contributed by atoms with van der Waals surface area (Å²) in [7, 11) is 3.01. The molecule has 4 aliphatic rings. The van der Waals surface area contributed by atoms with Gasteiger partial charge >= 0.3 is 30.0 Å². The first kappa shape index (κ1) is 64.1. The van der Waals surface area contributed by atoms with Gasteiger partial charge in [0.2, 0.25) is 0 Å². The minimum Gasteiger partial charge on any atom is -0.507 e. The number of rotatable bonds is 13. The van der Waals surface area contributed by atoms with Crippen molar-refractivity contribution in [1.82, 2.24) is 46.0 Å². The van der Waals surface area contributed by atoms with Gasteiger partial charge in [0.05, 0.1) is 50.7 Å². The van der Waals surface area contributed by atoms with Crippen LogP contribution in [0.1, 0.15) is 107 Å². The van der Waals surface area contributed by atoms with Gasteiger partial charge in [-0.1, -0.05) is 18.1 Å². The number of furan rings is 1. The van der Waals surface area contributed by atoms with Crippen LogP contribution in [0.25, 0.3) is 11.0 Å². The fraction of sp³-hybridized carbons (Fsp3) is 0.298. The van der Waals surface area contributed by atoms with Gasteiger partial charge in [0.15, 0.2) is 39.1 Å². The molecule has 0 radical (unpaired) electrons. The van der Waals surface area contributed by atoms with Crippen molar-refractivity contribution in [3.05, 3.63) is 145 Å². The van der Waals surface area contributed by atoms with E-state index in [0.29, 0.717) is 55.2 Å². The van der Waals surface area contributed by atoms with Crippen LogP contribution in [0.4, 0.5) is 9.59 Å². The van der Waals surface area contributed by atoms with E-state index in [-0.39, 0.29) is 90.8 Å². The summed E-state index contributed by atoms with van der Waals surface area (Å²) in [6.07, 6.45) is 5.41. The van der Waals surface area contributed by atoms with E-state index in [2.05, 4.69) is 51.6 Å². The maximum atomic E-state index is 13.2. The number of halogens is 1. The van der Waals surface area contributed by atoms with Crippen molar-refractivity contribution >= 4 is 87.2 Å². The van der Waals surface area contributed by atoms with Gasteiger partial charge in [-0.05, 0) is 106 Å². The normalized spacial score (nSPS) is 16.9. The van der Waals surface area contributed by atoms with Crippen molar-refractivity contribution in [3.63, 3.8) is 0 Å². The van der Waals surface area contributed by atoms with Crippen LogP contribution in [0.15, 0.2) is 67.3 Å². The number of hydrogen-bond acceptors (Lipinski definition) is 20. The van der Waals surface area contributed by atoms with Crippen LogP contribution in [0.3, 0.4) is 0 Å². The lowest BCUT2D eigenvalue weighted by molar-refractivity contribution is -0.125. The van der Waals surface area contributed by atoms with E-state index in [0.717, 1.165) is 11.1 Å². The number of H-pyrrole nitrogens is 3. The Kier molecular flexibility index (Phi) is 19.3. The lowest BCUT2D eigenvalue weighted by Crippen LogP contribution is -2.54. The third kappa shape index (κ3) is 13.0. The lowest BCUT2D eigenvalue weighted by Gasteiger charge is -2.29. The molecular formula is C57H56IN9O20. The number of terminal acetylenes is 1. The highest BCUT2D eigenvalue weighted by Gasteiger charge is 2.53. The second-order valence-corrected chi connectivity index (χ2v) is 20.3. The van der Waals surface area contributed by atoms with Crippen molar-refractivity contribution in [1.29, 1.82) is 0 Å². The average molecular weight is 1310 g/mol. The molecule has 2 saturated heterocycles.